The van der Waals surface area contributed by atoms with Gasteiger partial charge < -0.3 is 0 Å². The maximum absolute atomic E-state index is 14.2. The molecule has 0 fully saturated rings. The molecule has 0 radical (unpaired) electrons. The van der Waals surface area contributed by atoms with Gasteiger partial charge >= 0.3 is 49.4 Å². The number of rotatable bonds is 8. The average molecular weight is 1200 g/mol. The van der Waals surface area contributed by atoms with E-state index in [0.717, 1.165) is 13.0 Å². The number of nitriles is 1. The smallest absolute Gasteiger partial charge is 0.197 e. The van der Waals surface area contributed by atoms with Gasteiger partial charge in [0.15, 0.2) is 18.4 Å². The van der Waals surface area contributed by atoms with Crippen LogP contribution in [0.3, 0.4) is 0 Å². The SMILES string of the molecule is FC(F)(F)c1cc([B-](c2cc(C(F)(F)F)cc(C(F)(F)F)c2)(c2cc(C(F)(F)F)cc(C(F)(F)F)c2)c2cc(C(F)(F)F)cc(C(F)(F)F)c2)cc(C(F)(F)F)c1.N#Cc1ccc(Cc2c3ccccc3cc[n+]2Cc2ccccc2)cc1. The second kappa shape index (κ2) is 22.2. The van der Waals surface area contributed by atoms with Gasteiger partial charge in [-0.05, 0) is 53.4 Å². The maximum Gasteiger partial charge on any atom is 0.416 e. The number of pyridine rings is 1. The highest BCUT2D eigenvalue weighted by Gasteiger charge is 2.47. The highest BCUT2D eigenvalue weighted by Crippen LogP contribution is 2.41. The van der Waals surface area contributed by atoms with Gasteiger partial charge in [-0.2, -0.15) is 137 Å². The number of aromatic nitrogens is 1. The normalized spacial score (nSPS) is 13.1. The van der Waals surface area contributed by atoms with E-state index in [2.05, 4.69) is 71.4 Å². The van der Waals surface area contributed by atoms with Gasteiger partial charge in [0.25, 0.3) is 0 Å². The molecule has 0 unspecified atom stereocenters. The van der Waals surface area contributed by atoms with Crippen LogP contribution in [0.4, 0.5) is 105 Å². The van der Waals surface area contributed by atoms with Gasteiger partial charge in [0.05, 0.1) is 62.6 Å². The van der Waals surface area contributed by atoms with Crippen molar-refractivity contribution in [3.63, 3.8) is 0 Å². The van der Waals surface area contributed by atoms with Gasteiger partial charge in [-0.15, -0.1) is 0 Å². The molecule has 7 aromatic carbocycles. The Bertz CT molecular complexity index is 3250. The molecule has 0 bridgehead atoms. The Labute approximate surface area is 452 Å². The van der Waals surface area contributed by atoms with Crippen LogP contribution in [0.2, 0.25) is 0 Å². The Kier molecular flexibility index (Phi) is 16.7. The predicted molar refractivity (Wildman–Crippen MR) is 254 cm³/mol. The molecule has 0 atom stereocenters. The molecule has 8 rings (SSSR count). The summed E-state index contributed by atoms with van der Waals surface area (Å²) in [5, 5.41) is 11.5. The largest absolute Gasteiger partial charge is 0.416 e. The van der Waals surface area contributed by atoms with Gasteiger partial charge in [0.1, 0.15) is 6.15 Å². The van der Waals surface area contributed by atoms with E-state index in [-0.39, 0.29) is 0 Å². The summed E-state index contributed by atoms with van der Waals surface area (Å²) in [5.74, 6) is 0. The molecule has 0 saturated heterocycles. The number of hydrogen-bond donors (Lipinski definition) is 0. The van der Waals surface area contributed by atoms with Crippen molar-refractivity contribution in [2.75, 3.05) is 0 Å². The minimum Gasteiger partial charge on any atom is -0.197 e. The average Bonchev–Trinajstić information content (AvgIpc) is 1.29. The van der Waals surface area contributed by atoms with Crippen molar-refractivity contribution in [2.45, 2.75) is 62.4 Å². The first-order valence-electron chi connectivity index (χ1n) is 23.4. The molecule has 27 heteroatoms. The Morgan fingerprint density at radius 1 is 0.337 bits per heavy atom. The standard InChI is InChI=1S/C32H12BF24.C24H19N2/c34-25(35,36)13-1-14(26(37,38)39)6-21(5-13)33(22-7-15(27(40,41)42)2-16(8-22)28(43,44)45,23-9-17(29(46,47)48)3-18(10-23)30(49,50)51)24-11-19(31(52,53)54)4-20(12-24)32(55,56)57;25-17-20-12-10-19(11-13-20)16-24-23-9-5-4-8-22(23)14-15-26(24)18-21-6-2-1-3-7-21/h1-12H;1-15H,16,18H2/q-1;+1. The highest BCUT2D eigenvalue weighted by atomic mass is 19.4. The number of nitrogens with zero attached hydrogens (tertiary/aromatic N) is 2. The number of hydrogen-bond acceptors (Lipinski definition) is 1. The fourth-order valence-corrected chi connectivity index (χ4v) is 9.41. The molecule has 1 aromatic heterocycles. The summed E-state index contributed by atoms with van der Waals surface area (Å²) in [6.45, 7) is 0.845. The Morgan fingerprint density at radius 2 is 0.639 bits per heavy atom. The van der Waals surface area contributed by atoms with Crippen molar-refractivity contribution in [3.05, 3.63) is 231 Å². The number of alkyl halides is 24. The van der Waals surface area contributed by atoms with Crippen LogP contribution in [0, 0.1) is 11.3 Å². The fourth-order valence-electron chi connectivity index (χ4n) is 9.41. The monoisotopic (exact) mass is 1200 g/mol. The van der Waals surface area contributed by atoms with E-state index >= 15 is 0 Å². The van der Waals surface area contributed by atoms with E-state index < -0.39 is 195 Å². The van der Waals surface area contributed by atoms with Gasteiger partial charge in [-0.25, -0.2) is 0 Å². The minimum absolute atomic E-state index is 0.691. The third-order valence-electron chi connectivity index (χ3n) is 13.1. The van der Waals surface area contributed by atoms with Crippen molar-refractivity contribution >= 4 is 38.8 Å². The van der Waals surface area contributed by atoms with Crippen LogP contribution < -0.4 is 26.4 Å². The number of benzene rings is 7. The van der Waals surface area contributed by atoms with E-state index in [4.69, 9.17) is 5.26 Å². The Hall–Kier alpha value is -8.18. The molecule has 0 aliphatic heterocycles. The summed E-state index contributed by atoms with van der Waals surface area (Å²) in [6.07, 6.45) is -51.8. The zero-order valence-corrected chi connectivity index (χ0v) is 41.0. The lowest BCUT2D eigenvalue weighted by molar-refractivity contribution is -0.693. The molecular weight excluding hydrogens is 1170 g/mol. The second-order valence-corrected chi connectivity index (χ2v) is 18.7. The van der Waals surface area contributed by atoms with Crippen molar-refractivity contribution < 1.29 is 110 Å². The first-order chi connectivity index (χ1) is 38.1. The molecule has 0 aliphatic carbocycles. The molecule has 0 amide bonds. The molecule has 2 nitrogen and oxygen atoms in total. The van der Waals surface area contributed by atoms with Crippen molar-refractivity contribution in [1.29, 1.82) is 5.26 Å². The number of fused-ring (bicyclic) bond motifs is 1. The molecule has 0 aliphatic rings. The van der Waals surface area contributed by atoms with E-state index in [0.29, 0.717) is 5.56 Å². The molecule has 83 heavy (non-hydrogen) atoms. The van der Waals surface area contributed by atoms with Crippen LogP contribution in [-0.2, 0) is 62.4 Å². The van der Waals surface area contributed by atoms with E-state index in [1.807, 2.05) is 30.3 Å². The third-order valence-corrected chi connectivity index (χ3v) is 13.1. The lowest BCUT2D eigenvalue weighted by Crippen LogP contribution is -2.75. The minimum atomic E-state index is -6.13. The summed E-state index contributed by atoms with van der Waals surface area (Å²) < 4.78 is 343. The van der Waals surface area contributed by atoms with E-state index in [1.54, 1.807) is 0 Å². The van der Waals surface area contributed by atoms with Crippen molar-refractivity contribution in [3.8, 4) is 6.07 Å². The third kappa shape index (κ3) is 14.2. The Morgan fingerprint density at radius 3 is 0.940 bits per heavy atom. The van der Waals surface area contributed by atoms with E-state index in [1.165, 1.54) is 27.6 Å². The zero-order chi connectivity index (χ0) is 61.7. The number of halogens is 24. The summed E-state index contributed by atoms with van der Waals surface area (Å²) in [6, 6.07) is 22.5. The molecule has 1 heterocycles. The van der Waals surface area contributed by atoms with Gasteiger partial charge in [0.2, 0.25) is 0 Å². The van der Waals surface area contributed by atoms with Gasteiger partial charge in [-0.1, -0.05) is 109 Å². The summed E-state index contributed by atoms with van der Waals surface area (Å²) in [4.78, 5) is 0. The zero-order valence-electron chi connectivity index (χ0n) is 41.0. The van der Waals surface area contributed by atoms with Crippen LogP contribution in [0.25, 0.3) is 10.8 Å². The first-order valence-corrected chi connectivity index (χ1v) is 23.4. The first kappa shape index (κ1) is 62.4. The molecule has 436 valence electrons. The molecule has 0 spiro atoms. The van der Waals surface area contributed by atoms with Crippen molar-refractivity contribution in [1.82, 2.24) is 0 Å². The lowest BCUT2D eigenvalue weighted by atomic mass is 9.12. The molecule has 0 saturated carbocycles. The summed E-state index contributed by atoms with van der Waals surface area (Å²) >= 11 is 0. The predicted octanol–water partition coefficient (Wildman–Crippen LogP) is 15.9. The van der Waals surface area contributed by atoms with Crippen LogP contribution in [-0.4, -0.2) is 6.15 Å². The van der Waals surface area contributed by atoms with Crippen LogP contribution in [0.15, 0.2) is 164 Å². The molecule has 0 N–H and O–H groups in total. The van der Waals surface area contributed by atoms with Gasteiger partial charge in [-0.3, -0.25) is 0 Å². The van der Waals surface area contributed by atoms with Crippen LogP contribution in [0.1, 0.15) is 66.9 Å². The maximum atomic E-state index is 14.2. The molecular formula is C56H31BF24N2. The summed E-state index contributed by atoms with van der Waals surface area (Å²) in [5.41, 5.74) is -25.7. The Balaban J connectivity index is 0.000000313. The lowest BCUT2D eigenvalue weighted by Gasteiger charge is -2.46. The van der Waals surface area contributed by atoms with Gasteiger partial charge in [0, 0.05) is 17.0 Å². The highest BCUT2D eigenvalue weighted by molar-refractivity contribution is 7.20. The molecule has 8 aromatic rings. The fraction of sp³-hybridized carbons (Fsp3) is 0.179. The van der Waals surface area contributed by atoms with Crippen LogP contribution >= 0.6 is 0 Å². The van der Waals surface area contributed by atoms with E-state index in [9.17, 15) is 105 Å². The van der Waals surface area contributed by atoms with Crippen LogP contribution in [0.5, 0.6) is 0 Å². The quantitative estimate of drug-likeness (QED) is 0.0846. The topological polar surface area (TPSA) is 27.7 Å². The summed E-state index contributed by atoms with van der Waals surface area (Å²) in [7, 11) is 0. The van der Waals surface area contributed by atoms with Crippen molar-refractivity contribution in [2.24, 2.45) is 0 Å². The second-order valence-electron chi connectivity index (χ2n) is 18.7.